The van der Waals surface area contributed by atoms with Crippen LogP contribution in [0, 0.1) is 0 Å². The van der Waals surface area contributed by atoms with Gasteiger partial charge in [-0.05, 0) is 41.5 Å². The molecule has 0 amide bonds. The highest BCUT2D eigenvalue weighted by molar-refractivity contribution is 9.10. The van der Waals surface area contributed by atoms with Crippen LogP contribution >= 0.6 is 27.5 Å². The van der Waals surface area contributed by atoms with Gasteiger partial charge in [-0.2, -0.15) is 17.0 Å². The first-order valence-electron chi connectivity index (χ1n) is 11.9. The molecule has 0 radical (unpaired) electrons. The lowest BCUT2D eigenvalue weighted by molar-refractivity contribution is 0.177. The minimum Gasteiger partial charge on any atom is -0.296 e. The predicted molar refractivity (Wildman–Crippen MR) is 151 cm³/mol. The van der Waals surface area contributed by atoms with E-state index in [1.54, 1.807) is 19.1 Å². The molecule has 1 saturated heterocycles. The molecule has 1 aliphatic heterocycles. The van der Waals surface area contributed by atoms with E-state index in [0.717, 1.165) is 10.0 Å². The number of sulfone groups is 1. The van der Waals surface area contributed by atoms with Gasteiger partial charge in [0.1, 0.15) is 0 Å². The third-order valence-electron chi connectivity index (χ3n) is 6.58. The zero-order valence-electron chi connectivity index (χ0n) is 21.3. The monoisotopic (exact) mass is 645 g/mol. The highest BCUT2D eigenvalue weighted by atomic mass is 79.9. The molecule has 1 fully saturated rings. The summed E-state index contributed by atoms with van der Waals surface area (Å²) in [5, 5.41) is 0.774. The molecule has 4 rings (SSSR count). The van der Waals surface area contributed by atoms with Crippen LogP contribution in [0.15, 0.2) is 50.8 Å². The molecule has 2 aromatic carbocycles. The summed E-state index contributed by atoms with van der Waals surface area (Å²) in [5.74, 6) is -0.0667. The highest BCUT2D eigenvalue weighted by Gasteiger charge is 2.28. The SMILES string of the molecule is CCS(=O)(=O)c1ccc(Cl)cc1Cn1cnc2cc(CN3CCN(S(=O)(=O)N(C)C)CC3)c(Br)cc2c1=O. The van der Waals surface area contributed by atoms with Gasteiger partial charge in [-0.1, -0.05) is 34.5 Å². The third-order valence-corrected chi connectivity index (χ3v) is 11.3. The summed E-state index contributed by atoms with van der Waals surface area (Å²) in [5.41, 5.74) is 1.57. The van der Waals surface area contributed by atoms with Crippen LogP contribution in [-0.4, -0.2) is 85.9 Å². The van der Waals surface area contributed by atoms with Gasteiger partial charge < -0.3 is 0 Å². The standard InChI is InChI=1S/C24H29BrClN5O5S2/c1-4-37(33,34)23-6-5-19(26)11-18(23)15-30-16-27-22-12-17(21(25)13-20(22)24(30)32)14-29-7-9-31(10-8-29)38(35,36)28(2)3/h5-6,11-13,16H,4,7-10,14-15H2,1-3H3. The van der Waals surface area contributed by atoms with Gasteiger partial charge in [-0.15, -0.1) is 0 Å². The molecule has 206 valence electrons. The normalized spacial score (nSPS) is 15.9. The second kappa shape index (κ2) is 11.3. The largest absolute Gasteiger partial charge is 0.296 e. The number of fused-ring (bicyclic) bond motifs is 1. The van der Waals surface area contributed by atoms with E-state index >= 15 is 0 Å². The van der Waals surface area contributed by atoms with Crippen molar-refractivity contribution in [3.05, 3.63) is 67.6 Å². The summed E-state index contributed by atoms with van der Waals surface area (Å²) < 4.78 is 54.7. The van der Waals surface area contributed by atoms with E-state index in [4.69, 9.17) is 11.6 Å². The van der Waals surface area contributed by atoms with Crippen molar-refractivity contribution in [3.8, 4) is 0 Å². The van der Waals surface area contributed by atoms with E-state index in [0.29, 0.717) is 54.2 Å². The van der Waals surface area contributed by atoms with Gasteiger partial charge in [-0.3, -0.25) is 14.3 Å². The van der Waals surface area contributed by atoms with Crippen LogP contribution < -0.4 is 5.56 Å². The van der Waals surface area contributed by atoms with Crippen LogP contribution in [0.2, 0.25) is 5.02 Å². The molecule has 1 aromatic heterocycles. The van der Waals surface area contributed by atoms with Gasteiger partial charge in [0, 0.05) is 56.3 Å². The summed E-state index contributed by atoms with van der Waals surface area (Å²) in [4.78, 5) is 20.1. The van der Waals surface area contributed by atoms with Gasteiger partial charge in [0.15, 0.2) is 9.84 Å². The fourth-order valence-corrected chi connectivity index (χ4v) is 7.22. The van der Waals surface area contributed by atoms with Crippen LogP contribution in [-0.2, 0) is 33.1 Å². The Bertz CT molecular complexity index is 1640. The minimum atomic E-state index is -3.51. The van der Waals surface area contributed by atoms with Gasteiger partial charge in [0.2, 0.25) is 0 Å². The second-order valence-electron chi connectivity index (χ2n) is 9.26. The second-order valence-corrected chi connectivity index (χ2v) is 14.9. The number of nitrogens with zero attached hydrogens (tertiary/aromatic N) is 5. The van der Waals surface area contributed by atoms with E-state index in [-0.39, 0.29) is 22.8 Å². The van der Waals surface area contributed by atoms with Crippen molar-refractivity contribution in [1.82, 2.24) is 23.1 Å². The number of benzene rings is 2. The van der Waals surface area contributed by atoms with Crippen molar-refractivity contribution in [2.75, 3.05) is 46.0 Å². The molecular formula is C24H29BrClN5O5S2. The first-order chi connectivity index (χ1) is 17.8. The van der Waals surface area contributed by atoms with Crippen LogP contribution in [0.1, 0.15) is 18.1 Å². The van der Waals surface area contributed by atoms with E-state index in [1.165, 1.54) is 45.7 Å². The third kappa shape index (κ3) is 5.98. The molecule has 0 bridgehead atoms. The predicted octanol–water partition coefficient (Wildman–Crippen LogP) is 2.58. The Morgan fingerprint density at radius 3 is 2.32 bits per heavy atom. The van der Waals surface area contributed by atoms with Crippen molar-refractivity contribution >= 4 is 58.5 Å². The molecule has 0 saturated carbocycles. The summed E-state index contributed by atoms with van der Waals surface area (Å²) in [6, 6.07) is 8.12. The summed E-state index contributed by atoms with van der Waals surface area (Å²) in [7, 11) is -3.90. The Morgan fingerprint density at radius 1 is 1.00 bits per heavy atom. The number of aromatic nitrogens is 2. The Kier molecular flexibility index (Phi) is 8.67. The number of piperazine rings is 1. The van der Waals surface area contributed by atoms with Crippen molar-refractivity contribution in [2.24, 2.45) is 0 Å². The molecule has 1 aliphatic rings. The van der Waals surface area contributed by atoms with Crippen LogP contribution in [0.4, 0.5) is 0 Å². The average Bonchev–Trinajstić information content (AvgIpc) is 2.87. The fraction of sp³-hybridized carbons (Fsp3) is 0.417. The summed E-state index contributed by atoms with van der Waals surface area (Å²) >= 11 is 9.71. The zero-order chi connectivity index (χ0) is 27.8. The zero-order valence-corrected chi connectivity index (χ0v) is 25.2. The summed E-state index contributed by atoms with van der Waals surface area (Å²) in [6.45, 7) is 4.10. The maximum absolute atomic E-state index is 13.3. The van der Waals surface area contributed by atoms with Gasteiger partial charge >= 0.3 is 0 Å². The average molecular weight is 647 g/mol. The quantitative estimate of drug-likeness (QED) is 0.370. The Hall–Kier alpha value is -1.87. The van der Waals surface area contributed by atoms with Crippen LogP contribution in [0.5, 0.6) is 0 Å². The van der Waals surface area contributed by atoms with Gasteiger partial charge in [-0.25, -0.2) is 13.4 Å². The fourth-order valence-electron chi connectivity index (χ4n) is 4.36. The van der Waals surface area contributed by atoms with Crippen molar-refractivity contribution in [3.63, 3.8) is 0 Å². The van der Waals surface area contributed by atoms with Crippen LogP contribution in [0.3, 0.4) is 0 Å². The Morgan fingerprint density at radius 2 is 1.68 bits per heavy atom. The number of rotatable bonds is 8. The lowest BCUT2D eigenvalue weighted by Gasteiger charge is -2.35. The maximum atomic E-state index is 13.3. The lowest BCUT2D eigenvalue weighted by Crippen LogP contribution is -2.51. The molecule has 14 heteroatoms. The topological polar surface area (TPSA) is 113 Å². The van der Waals surface area contributed by atoms with E-state index in [9.17, 15) is 21.6 Å². The van der Waals surface area contributed by atoms with E-state index in [2.05, 4.69) is 25.8 Å². The van der Waals surface area contributed by atoms with Crippen LogP contribution in [0.25, 0.3) is 10.9 Å². The van der Waals surface area contributed by atoms with Crippen molar-refractivity contribution < 1.29 is 16.8 Å². The van der Waals surface area contributed by atoms with E-state index < -0.39 is 20.0 Å². The molecule has 0 atom stereocenters. The molecule has 38 heavy (non-hydrogen) atoms. The number of halogens is 2. The summed E-state index contributed by atoms with van der Waals surface area (Å²) in [6.07, 6.45) is 1.41. The number of hydrogen-bond donors (Lipinski definition) is 0. The molecule has 0 aliphatic carbocycles. The molecular weight excluding hydrogens is 618 g/mol. The highest BCUT2D eigenvalue weighted by Crippen LogP contribution is 2.25. The first-order valence-corrected chi connectivity index (χ1v) is 16.1. The molecule has 3 aromatic rings. The molecule has 0 unspecified atom stereocenters. The minimum absolute atomic E-state index is 0.0103. The molecule has 2 heterocycles. The molecule has 10 nitrogen and oxygen atoms in total. The Labute approximate surface area is 236 Å². The molecule has 0 N–H and O–H groups in total. The van der Waals surface area contributed by atoms with Gasteiger partial charge in [0.05, 0.1) is 34.4 Å². The molecule has 0 spiro atoms. The lowest BCUT2D eigenvalue weighted by atomic mass is 10.1. The Balaban J connectivity index is 1.58. The van der Waals surface area contributed by atoms with E-state index in [1.807, 2.05) is 6.07 Å². The number of hydrogen-bond acceptors (Lipinski definition) is 7. The van der Waals surface area contributed by atoms with Crippen molar-refractivity contribution in [1.29, 1.82) is 0 Å². The smallest absolute Gasteiger partial charge is 0.281 e. The van der Waals surface area contributed by atoms with Crippen molar-refractivity contribution in [2.45, 2.75) is 24.9 Å². The maximum Gasteiger partial charge on any atom is 0.281 e. The van der Waals surface area contributed by atoms with Gasteiger partial charge in [0.25, 0.3) is 15.8 Å². The first kappa shape index (κ1) is 29.1.